The fourth-order valence-corrected chi connectivity index (χ4v) is 1.54. The molecule has 0 aliphatic rings. The Balaban J connectivity index is 2.30. The van der Waals surface area contributed by atoms with Crippen LogP contribution in [0.2, 0.25) is 0 Å². The van der Waals surface area contributed by atoms with Gasteiger partial charge in [0.1, 0.15) is 0 Å². The number of hydrogen-bond acceptors (Lipinski definition) is 4. The van der Waals surface area contributed by atoms with Gasteiger partial charge in [0, 0.05) is 31.8 Å². The van der Waals surface area contributed by atoms with Crippen molar-refractivity contribution in [3.05, 3.63) is 24.2 Å². The monoisotopic (exact) mass is 212 g/mol. The van der Waals surface area contributed by atoms with Gasteiger partial charge in [0.05, 0.1) is 18.6 Å². The topological polar surface area (TPSA) is 51.6 Å². The van der Waals surface area contributed by atoms with E-state index in [1.807, 2.05) is 13.0 Å². The first-order chi connectivity index (χ1) is 7.26. The Labute approximate surface area is 91.0 Å². The lowest BCUT2D eigenvalue weighted by Crippen LogP contribution is -2.36. The maximum Gasteiger partial charge on any atom is 0.0947 e. The minimum atomic E-state index is 0.118. The maximum absolute atomic E-state index is 5.61. The van der Waals surface area contributed by atoms with E-state index in [4.69, 9.17) is 14.9 Å². The summed E-state index contributed by atoms with van der Waals surface area (Å²) in [6.07, 6.45) is 3.56. The number of hydrogen-bond donors (Lipinski definition) is 1. The minimum Gasteiger partial charge on any atom is -0.472 e. The van der Waals surface area contributed by atoms with E-state index < -0.39 is 0 Å². The largest absolute Gasteiger partial charge is 0.472 e. The van der Waals surface area contributed by atoms with Crippen LogP contribution in [0.5, 0.6) is 0 Å². The van der Waals surface area contributed by atoms with Gasteiger partial charge in [-0.2, -0.15) is 0 Å². The molecule has 4 nitrogen and oxygen atoms in total. The van der Waals surface area contributed by atoms with Crippen LogP contribution in [0.15, 0.2) is 23.0 Å². The lowest BCUT2D eigenvalue weighted by molar-refractivity contribution is 0.0437. The Morgan fingerprint density at radius 1 is 1.60 bits per heavy atom. The molecule has 0 saturated carbocycles. The van der Waals surface area contributed by atoms with Crippen molar-refractivity contribution in [2.24, 2.45) is 5.73 Å². The first-order valence-electron chi connectivity index (χ1n) is 5.27. The molecule has 4 heteroatoms. The quantitative estimate of drug-likeness (QED) is 0.734. The fraction of sp³-hybridized carbons (Fsp3) is 0.636. The maximum atomic E-state index is 5.61. The highest BCUT2D eigenvalue weighted by Gasteiger charge is 2.10. The average Bonchev–Trinajstić information content (AvgIpc) is 2.69. The van der Waals surface area contributed by atoms with Crippen molar-refractivity contribution in [1.29, 1.82) is 0 Å². The summed E-state index contributed by atoms with van der Waals surface area (Å²) in [6.45, 7) is 4.96. The lowest BCUT2D eigenvalue weighted by atomic mass is 10.3. The zero-order valence-corrected chi connectivity index (χ0v) is 9.48. The highest BCUT2D eigenvalue weighted by molar-refractivity contribution is 5.04. The van der Waals surface area contributed by atoms with Crippen LogP contribution in [0, 0.1) is 0 Å². The molecule has 86 valence electrons. The zero-order valence-electron chi connectivity index (χ0n) is 9.48. The molecule has 1 aromatic rings. The molecular weight excluding hydrogens is 192 g/mol. The van der Waals surface area contributed by atoms with Crippen molar-refractivity contribution in [1.82, 2.24) is 4.90 Å². The van der Waals surface area contributed by atoms with Crippen LogP contribution in [-0.2, 0) is 11.3 Å². The van der Waals surface area contributed by atoms with Gasteiger partial charge in [-0.15, -0.1) is 0 Å². The van der Waals surface area contributed by atoms with Crippen LogP contribution < -0.4 is 5.73 Å². The van der Waals surface area contributed by atoms with Gasteiger partial charge in [0.2, 0.25) is 0 Å². The molecule has 0 radical (unpaired) electrons. The van der Waals surface area contributed by atoms with Gasteiger partial charge in [-0.25, -0.2) is 0 Å². The fourth-order valence-electron chi connectivity index (χ4n) is 1.54. The second kappa shape index (κ2) is 6.61. The molecule has 0 bridgehead atoms. The Morgan fingerprint density at radius 2 is 2.40 bits per heavy atom. The van der Waals surface area contributed by atoms with Crippen molar-refractivity contribution in [2.75, 3.05) is 26.7 Å². The normalized spacial score (nSPS) is 13.3. The number of nitrogens with zero attached hydrogens (tertiary/aromatic N) is 1. The van der Waals surface area contributed by atoms with E-state index in [1.54, 1.807) is 12.5 Å². The van der Waals surface area contributed by atoms with E-state index in [-0.39, 0.29) is 6.10 Å². The average molecular weight is 212 g/mol. The summed E-state index contributed by atoms with van der Waals surface area (Å²) >= 11 is 0. The Hall–Kier alpha value is -0.840. The van der Waals surface area contributed by atoms with E-state index in [2.05, 4.69) is 11.9 Å². The minimum absolute atomic E-state index is 0.118. The van der Waals surface area contributed by atoms with Crippen LogP contribution >= 0.6 is 0 Å². The second-order valence-corrected chi connectivity index (χ2v) is 3.64. The summed E-state index contributed by atoms with van der Waals surface area (Å²) in [4.78, 5) is 2.18. The van der Waals surface area contributed by atoms with Crippen LogP contribution in [0.1, 0.15) is 12.5 Å². The van der Waals surface area contributed by atoms with Crippen LogP contribution in [0.4, 0.5) is 0 Å². The third-order valence-electron chi connectivity index (χ3n) is 2.21. The molecule has 0 saturated heterocycles. The number of rotatable bonds is 7. The van der Waals surface area contributed by atoms with Crippen molar-refractivity contribution in [3.63, 3.8) is 0 Å². The number of ether oxygens (including phenoxy) is 1. The summed E-state index contributed by atoms with van der Waals surface area (Å²) in [7, 11) is 2.05. The summed E-state index contributed by atoms with van der Waals surface area (Å²) in [6, 6.07) is 1.97. The molecule has 0 spiro atoms. The van der Waals surface area contributed by atoms with Crippen molar-refractivity contribution >= 4 is 0 Å². The van der Waals surface area contributed by atoms with E-state index in [9.17, 15) is 0 Å². The molecule has 1 rings (SSSR count). The van der Waals surface area contributed by atoms with Gasteiger partial charge in [-0.1, -0.05) is 0 Å². The zero-order chi connectivity index (χ0) is 11.1. The van der Waals surface area contributed by atoms with Crippen LogP contribution in [0.3, 0.4) is 0 Å². The molecule has 0 amide bonds. The number of likely N-dealkylation sites (N-methyl/N-ethyl adjacent to an activating group) is 1. The Kier molecular flexibility index (Phi) is 5.39. The Morgan fingerprint density at radius 3 is 2.93 bits per heavy atom. The van der Waals surface area contributed by atoms with Crippen molar-refractivity contribution < 1.29 is 9.15 Å². The predicted octanol–water partition coefficient (Wildman–Crippen LogP) is 1.08. The first-order valence-corrected chi connectivity index (χ1v) is 5.27. The molecule has 0 aliphatic carbocycles. The molecule has 2 N–H and O–H groups in total. The van der Waals surface area contributed by atoms with Crippen molar-refractivity contribution in [3.8, 4) is 0 Å². The van der Waals surface area contributed by atoms with Gasteiger partial charge >= 0.3 is 0 Å². The van der Waals surface area contributed by atoms with Crippen molar-refractivity contribution in [2.45, 2.75) is 19.6 Å². The molecule has 1 atom stereocenters. The van der Waals surface area contributed by atoms with Gasteiger partial charge in [0.15, 0.2) is 0 Å². The molecule has 1 heterocycles. The van der Waals surface area contributed by atoms with Gasteiger partial charge < -0.3 is 14.9 Å². The summed E-state index contributed by atoms with van der Waals surface area (Å²) in [5, 5.41) is 0. The molecule has 0 aromatic carbocycles. The van der Waals surface area contributed by atoms with E-state index in [1.165, 1.54) is 5.56 Å². The highest BCUT2D eigenvalue weighted by Crippen LogP contribution is 2.04. The smallest absolute Gasteiger partial charge is 0.0947 e. The van der Waals surface area contributed by atoms with E-state index in [0.717, 1.165) is 13.1 Å². The van der Waals surface area contributed by atoms with Crippen LogP contribution in [-0.4, -0.2) is 37.7 Å². The predicted molar refractivity (Wildman–Crippen MR) is 59.5 cm³/mol. The lowest BCUT2D eigenvalue weighted by Gasteiger charge is -2.22. The van der Waals surface area contributed by atoms with Gasteiger partial charge in [0.25, 0.3) is 0 Å². The molecule has 0 fully saturated rings. The number of furan rings is 1. The van der Waals surface area contributed by atoms with Gasteiger partial charge in [-0.05, 0) is 20.0 Å². The first kappa shape index (κ1) is 12.2. The SMILES string of the molecule is CCOC(CN)CN(C)Cc1ccoc1. The van der Waals surface area contributed by atoms with Crippen LogP contribution in [0.25, 0.3) is 0 Å². The summed E-state index contributed by atoms with van der Waals surface area (Å²) in [5.41, 5.74) is 6.78. The third kappa shape index (κ3) is 4.46. The number of nitrogens with two attached hydrogens (primary N) is 1. The second-order valence-electron chi connectivity index (χ2n) is 3.64. The summed E-state index contributed by atoms with van der Waals surface area (Å²) in [5.74, 6) is 0. The summed E-state index contributed by atoms with van der Waals surface area (Å²) < 4.78 is 10.5. The molecule has 1 aromatic heterocycles. The molecule has 15 heavy (non-hydrogen) atoms. The van der Waals surface area contributed by atoms with E-state index >= 15 is 0 Å². The molecule has 0 aliphatic heterocycles. The third-order valence-corrected chi connectivity index (χ3v) is 2.21. The van der Waals surface area contributed by atoms with Gasteiger partial charge in [-0.3, -0.25) is 4.90 Å². The molecular formula is C11H20N2O2. The highest BCUT2D eigenvalue weighted by atomic mass is 16.5. The molecule has 1 unspecified atom stereocenters. The Bertz CT molecular complexity index is 249. The van der Waals surface area contributed by atoms with E-state index in [0.29, 0.717) is 13.2 Å². The standard InChI is InChI=1S/C11H20N2O2/c1-3-15-11(6-12)8-13(2)7-10-4-5-14-9-10/h4-5,9,11H,3,6-8,12H2,1-2H3.